The number of para-hydroxylation sites is 1. The largest absolute Gasteiger partial charge is 0.376 e. The Morgan fingerprint density at radius 3 is 3.05 bits per heavy atom. The van der Waals surface area contributed by atoms with Gasteiger partial charge in [0.1, 0.15) is 0 Å². The minimum Gasteiger partial charge on any atom is -0.376 e. The third-order valence-corrected chi connectivity index (χ3v) is 3.52. The molecule has 2 aromatic rings. The topological polar surface area (TPSA) is 81.9 Å². The number of rotatable bonds is 4. The molecule has 1 aromatic carbocycles. The monoisotopic (exact) mass is 287 g/mol. The summed E-state index contributed by atoms with van der Waals surface area (Å²) in [7, 11) is 0. The highest BCUT2D eigenvalue weighted by Crippen LogP contribution is 2.15. The highest BCUT2D eigenvalue weighted by Gasteiger charge is 2.19. The van der Waals surface area contributed by atoms with Crippen molar-refractivity contribution in [3.8, 4) is 5.69 Å². The van der Waals surface area contributed by atoms with Gasteiger partial charge >= 0.3 is 0 Å². The van der Waals surface area contributed by atoms with Gasteiger partial charge in [0.2, 0.25) is 0 Å². The summed E-state index contributed by atoms with van der Waals surface area (Å²) in [5.74, 6) is 0.491. The second-order valence-corrected chi connectivity index (χ2v) is 5.00. The van der Waals surface area contributed by atoms with Crippen LogP contribution >= 0.6 is 0 Å². The van der Waals surface area contributed by atoms with Gasteiger partial charge in [-0.05, 0) is 42.3 Å². The molecule has 0 radical (unpaired) electrons. The number of carbonyl (C=O) groups is 1. The molecule has 1 saturated heterocycles. The molecule has 110 valence electrons. The van der Waals surface area contributed by atoms with Gasteiger partial charge in [0.25, 0.3) is 5.91 Å². The van der Waals surface area contributed by atoms with Gasteiger partial charge in [0.15, 0.2) is 5.82 Å². The van der Waals surface area contributed by atoms with Crippen LogP contribution in [-0.4, -0.2) is 45.4 Å². The highest BCUT2D eigenvalue weighted by molar-refractivity contribution is 5.97. The quantitative estimate of drug-likeness (QED) is 0.902. The van der Waals surface area contributed by atoms with E-state index in [0.717, 1.165) is 19.4 Å². The predicted octanol–water partition coefficient (Wildman–Crippen LogP) is 0.880. The summed E-state index contributed by atoms with van der Waals surface area (Å²) in [4.78, 5) is 12.4. The second-order valence-electron chi connectivity index (χ2n) is 5.00. The van der Waals surface area contributed by atoms with Crippen molar-refractivity contribution < 1.29 is 9.53 Å². The average molecular weight is 287 g/mol. The number of hydrogen-bond donors (Lipinski definition) is 1. The normalized spacial score (nSPS) is 17.9. The van der Waals surface area contributed by atoms with Crippen molar-refractivity contribution in [3.05, 3.63) is 35.7 Å². The van der Waals surface area contributed by atoms with Crippen LogP contribution in [0.3, 0.4) is 0 Å². The van der Waals surface area contributed by atoms with Crippen LogP contribution in [0.1, 0.15) is 29.0 Å². The van der Waals surface area contributed by atoms with E-state index in [9.17, 15) is 4.79 Å². The molecule has 0 bridgehead atoms. The molecule has 1 fully saturated rings. The third kappa shape index (κ3) is 2.92. The van der Waals surface area contributed by atoms with E-state index in [-0.39, 0.29) is 12.0 Å². The SMILES string of the molecule is Cc1nnnn1-c1ccccc1C(=O)NCC1CCCO1. The maximum atomic E-state index is 12.4. The fourth-order valence-corrected chi connectivity index (χ4v) is 2.41. The molecule has 1 atom stereocenters. The van der Waals surface area contributed by atoms with Gasteiger partial charge in [0, 0.05) is 13.2 Å². The second kappa shape index (κ2) is 6.01. The Morgan fingerprint density at radius 2 is 2.33 bits per heavy atom. The van der Waals surface area contributed by atoms with Crippen molar-refractivity contribution >= 4 is 5.91 Å². The molecule has 1 aromatic heterocycles. The third-order valence-electron chi connectivity index (χ3n) is 3.52. The maximum Gasteiger partial charge on any atom is 0.253 e. The number of amides is 1. The fourth-order valence-electron chi connectivity index (χ4n) is 2.41. The molecule has 3 rings (SSSR count). The van der Waals surface area contributed by atoms with Crippen LogP contribution in [0.15, 0.2) is 24.3 Å². The molecule has 1 amide bonds. The van der Waals surface area contributed by atoms with Gasteiger partial charge in [-0.15, -0.1) is 5.10 Å². The summed E-state index contributed by atoms with van der Waals surface area (Å²) in [6.45, 7) is 3.10. The summed E-state index contributed by atoms with van der Waals surface area (Å²) in [5.41, 5.74) is 1.22. The van der Waals surface area contributed by atoms with E-state index in [1.54, 1.807) is 17.7 Å². The van der Waals surface area contributed by atoms with Gasteiger partial charge in [-0.1, -0.05) is 12.1 Å². The summed E-state index contributed by atoms with van der Waals surface area (Å²) >= 11 is 0. The van der Waals surface area contributed by atoms with E-state index in [4.69, 9.17) is 4.74 Å². The predicted molar refractivity (Wildman–Crippen MR) is 75.2 cm³/mol. The van der Waals surface area contributed by atoms with Gasteiger partial charge in [0.05, 0.1) is 17.4 Å². The lowest BCUT2D eigenvalue weighted by Gasteiger charge is -2.13. The standard InChI is InChI=1S/C14H17N5O2/c1-10-16-17-18-19(10)13-7-3-2-6-12(13)14(20)15-9-11-5-4-8-21-11/h2-3,6-7,11H,4-5,8-9H2,1H3,(H,15,20). The van der Waals surface area contributed by atoms with E-state index >= 15 is 0 Å². The number of nitrogens with one attached hydrogen (secondary N) is 1. The van der Waals surface area contributed by atoms with E-state index in [1.165, 1.54) is 0 Å². The number of nitrogens with zero attached hydrogens (tertiary/aromatic N) is 4. The van der Waals surface area contributed by atoms with Crippen molar-refractivity contribution in [2.24, 2.45) is 0 Å². The van der Waals surface area contributed by atoms with E-state index < -0.39 is 0 Å². The van der Waals surface area contributed by atoms with Crippen LogP contribution < -0.4 is 5.32 Å². The number of ether oxygens (including phenoxy) is 1. The molecule has 7 nitrogen and oxygen atoms in total. The first-order valence-corrected chi connectivity index (χ1v) is 7.00. The summed E-state index contributed by atoms with van der Waals surface area (Å²) in [6, 6.07) is 7.27. The minimum atomic E-state index is -0.143. The van der Waals surface area contributed by atoms with Gasteiger partial charge in [-0.2, -0.15) is 4.68 Å². The Labute approximate surface area is 122 Å². The smallest absolute Gasteiger partial charge is 0.253 e. The minimum absolute atomic E-state index is 0.121. The maximum absolute atomic E-state index is 12.4. The lowest BCUT2D eigenvalue weighted by molar-refractivity contribution is 0.0857. The zero-order chi connectivity index (χ0) is 14.7. The Morgan fingerprint density at radius 1 is 1.48 bits per heavy atom. The average Bonchev–Trinajstić information content (AvgIpc) is 3.16. The van der Waals surface area contributed by atoms with Crippen LogP contribution in [0.4, 0.5) is 0 Å². The van der Waals surface area contributed by atoms with Gasteiger partial charge < -0.3 is 10.1 Å². The molecule has 1 N–H and O–H groups in total. The molecule has 1 aliphatic heterocycles. The lowest BCUT2D eigenvalue weighted by Crippen LogP contribution is -2.32. The Balaban J connectivity index is 1.78. The van der Waals surface area contributed by atoms with Gasteiger partial charge in [-0.3, -0.25) is 4.79 Å². The molecule has 1 unspecified atom stereocenters. The fraction of sp³-hybridized carbons (Fsp3) is 0.429. The molecule has 0 aliphatic carbocycles. The Kier molecular flexibility index (Phi) is 3.92. The first kappa shape index (κ1) is 13.7. The highest BCUT2D eigenvalue weighted by atomic mass is 16.5. The molecular formula is C14H17N5O2. The Bertz CT molecular complexity index is 634. The lowest BCUT2D eigenvalue weighted by atomic mass is 10.1. The van der Waals surface area contributed by atoms with Crippen LogP contribution in [-0.2, 0) is 4.74 Å². The molecule has 2 heterocycles. The number of benzene rings is 1. The first-order chi connectivity index (χ1) is 10.3. The number of aryl methyl sites for hydroxylation is 1. The number of tetrazole rings is 1. The summed E-state index contributed by atoms with van der Waals surface area (Å²) < 4.78 is 7.07. The molecule has 0 spiro atoms. The zero-order valence-corrected chi connectivity index (χ0v) is 11.8. The molecule has 21 heavy (non-hydrogen) atoms. The molecular weight excluding hydrogens is 270 g/mol. The number of carbonyl (C=O) groups excluding carboxylic acids is 1. The Hall–Kier alpha value is -2.28. The van der Waals surface area contributed by atoms with Crippen LogP contribution in [0.2, 0.25) is 0 Å². The van der Waals surface area contributed by atoms with Crippen LogP contribution in [0.5, 0.6) is 0 Å². The van der Waals surface area contributed by atoms with Crippen molar-refractivity contribution in [2.45, 2.75) is 25.9 Å². The van der Waals surface area contributed by atoms with Crippen LogP contribution in [0.25, 0.3) is 5.69 Å². The summed E-state index contributed by atoms with van der Waals surface area (Å²) in [6.07, 6.45) is 2.17. The first-order valence-electron chi connectivity index (χ1n) is 7.00. The number of hydrogen-bond acceptors (Lipinski definition) is 5. The van der Waals surface area contributed by atoms with Crippen molar-refractivity contribution in [1.29, 1.82) is 0 Å². The zero-order valence-electron chi connectivity index (χ0n) is 11.8. The molecule has 0 saturated carbocycles. The van der Waals surface area contributed by atoms with E-state index in [2.05, 4.69) is 20.8 Å². The van der Waals surface area contributed by atoms with Crippen molar-refractivity contribution in [3.63, 3.8) is 0 Å². The number of aromatic nitrogens is 4. The van der Waals surface area contributed by atoms with E-state index in [1.807, 2.05) is 18.2 Å². The van der Waals surface area contributed by atoms with E-state index in [0.29, 0.717) is 23.6 Å². The van der Waals surface area contributed by atoms with Crippen molar-refractivity contribution in [1.82, 2.24) is 25.5 Å². The van der Waals surface area contributed by atoms with Gasteiger partial charge in [-0.25, -0.2) is 0 Å². The van der Waals surface area contributed by atoms with Crippen LogP contribution in [0, 0.1) is 6.92 Å². The molecule has 7 heteroatoms. The van der Waals surface area contributed by atoms with Crippen molar-refractivity contribution in [2.75, 3.05) is 13.2 Å². The summed E-state index contributed by atoms with van der Waals surface area (Å²) in [5, 5.41) is 14.3. The molecule has 1 aliphatic rings.